The van der Waals surface area contributed by atoms with Crippen LogP contribution in [0, 0.1) is 13.8 Å². The summed E-state index contributed by atoms with van der Waals surface area (Å²) in [5.41, 5.74) is 15.2. The normalized spacial score (nSPS) is 14.4. The number of aryl methyl sites for hydroxylation is 2. The van der Waals surface area contributed by atoms with E-state index in [0.29, 0.717) is 0 Å². The summed E-state index contributed by atoms with van der Waals surface area (Å²) in [6, 6.07) is 20.8. The van der Waals surface area contributed by atoms with Crippen molar-refractivity contribution >= 4 is 28.8 Å². The van der Waals surface area contributed by atoms with Crippen LogP contribution in [0.25, 0.3) is 16.9 Å². The molecule has 1 atom stereocenters. The molecule has 3 aromatic rings. The number of benzene rings is 3. The molecule has 1 aliphatic heterocycles. The fraction of sp³-hybridized carbons (Fsp3) is 0.167. The second-order valence-electron chi connectivity index (χ2n) is 8.63. The lowest BCUT2D eigenvalue weighted by atomic mass is 9.93. The molecule has 0 saturated heterocycles. The van der Waals surface area contributed by atoms with Gasteiger partial charge in [0, 0.05) is 47.4 Å². The van der Waals surface area contributed by atoms with Crippen LogP contribution in [0.15, 0.2) is 84.5 Å². The molecule has 0 unspecified atom stereocenters. The Hall–Kier alpha value is -4.05. The first kappa shape index (κ1) is 23.1. The monoisotopic (exact) mass is 449 g/mol. The average molecular weight is 450 g/mol. The second-order valence-corrected chi connectivity index (χ2v) is 8.63. The van der Waals surface area contributed by atoms with E-state index in [1.165, 1.54) is 11.1 Å². The van der Waals surface area contributed by atoms with E-state index in [2.05, 4.69) is 68.0 Å². The van der Waals surface area contributed by atoms with Gasteiger partial charge >= 0.3 is 0 Å². The molecule has 0 fully saturated rings. The summed E-state index contributed by atoms with van der Waals surface area (Å²) in [7, 11) is 1.73. The summed E-state index contributed by atoms with van der Waals surface area (Å²) in [4.78, 5) is 4.07. The molecule has 1 aliphatic rings. The van der Waals surface area contributed by atoms with Crippen molar-refractivity contribution in [2.45, 2.75) is 26.8 Å². The zero-order chi connectivity index (χ0) is 24.2. The Labute approximate surface area is 202 Å². The van der Waals surface area contributed by atoms with Crippen LogP contribution in [0.4, 0.5) is 5.69 Å². The number of nitrogens with zero attached hydrogens (tertiary/aromatic N) is 1. The van der Waals surface area contributed by atoms with Gasteiger partial charge in [-0.2, -0.15) is 0 Å². The van der Waals surface area contributed by atoms with Crippen LogP contribution in [-0.4, -0.2) is 13.3 Å². The van der Waals surface area contributed by atoms with Gasteiger partial charge in [0.2, 0.25) is 0 Å². The van der Waals surface area contributed by atoms with E-state index in [9.17, 15) is 0 Å². The summed E-state index contributed by atoms with van der Waals surface area (Å²) in [5.74, 6) is 1.63. The van der Waals surface area contributed by atoms with Crippen LogP contribution in [0.3, 0.4) is 0 Å². The second kappa shape index (κ2) is 9.84. The van der Waals surface area contributed by atoms with E-state index in [4.69, 9.17) is 10.5 Å². The minimum atomic E-state index is 0.0508. The predicted octanol–water partition coefficient (Wildman–Crippen LogP) is 6.92. The zero-order valence-electron chi connectivity index (χ0n) is 20.2. The Morgan fingerprint density at radius 2 is 1.82 bits per heavy atom. The Bertz CT molecular complexity index is 1310. The van der Waals surface area contributed by atoms with Gasteiger partial charge in [-0.25, -0.2) is 0 Å². The predicted molar refractivity (Wildman–Crippen MR) is 145 cm³/mol. The molecule has 0 amide bonds. The quantitative estimate of drug-likeness (QED) is 0.401. The maximum absolute atomic E-state index is 6.53. The molecular formula is C30H31N3O. The van der Waals surface area contributed by atoms with Gasteiger partial charge in [0.05, 0.1) is 6.04 Å². The van der Waals surface area contributed by atoms with Gasteiger partial charge in [0.15, 0.2) is 0 Å². The molecular weight excluding hydrogens is 418 g/mol. The van der Waals surface area contributed by atoms with Crippen molar-refractivity contribution in [3.05, 3.63) is 113 Å². The third kappa shape index (κ3) is 4.67. The number of anilines is 1. The first-order valence-corrected chi connectivity index (χ1v) is 11.4. The Kier molecular flexibility index (Phi) is 6.69. The Morgan fingerprint density at radius 1 is 1.09 bits per heavy atom. The largest absolute Gasteiger partial charge is 0.456 e. The van der Waals surface area contributed by atoms with Crippen LogP contribution in [-0.2, 0) is 0 Å². The first-order valence-electron chi connectivity index (χ1n) is 11.4. The molecule has 1 heterocycles. The van der Waals surface area contributed by atoms with E-state index in [-0.39, 0.29) is 6.04 Å². The number of allylic oxidation sites excluding steroid dienone is 3. The summed E-state index contributed by atoms with van der Waals surface area (Å²) in [6.07, 6.45) is 5.32. The number of aliphatic imine (C=N–C) groups is 1. The number of ether oxygens (including phenoxy) is 1. The number of rotatable bonds is 6. The maximum atomic E-state index is 6.53. The third-order valence-corrected chi connectivity index (χ3v) is 6.06. The number of hydrogen-bond acceptors (Lipinski definition) is 4. The topological polar surface area (TPSA) is 59.6 Å². The smallest absolute Gasteiger partial charge is 0.140 e. The van der Waals surface area contributed by atoms with Crippen LogP contribution in [0.5, 0.6) is 5.75 Å². The lowest BCUT2D eigenvalue weighted by Gasteiger charge is -2.27. The molecule has 4 rings (SSSR count). The number of nitrogens with two attached hydrogens (primary N) is 1. The molecule has 0 radical (unpaired) electrons. The number of fused-ring (bicyclic) bond motifs is 1. The highest BCUT2D eigenvalue weighted by atomic mass is 16.5. The standard InChI is InChI=1S/C30H31N3O/c1-19-14-26-21(3)16-29(24-12-10-23(11-13-24)25(17-31)18-32-5)34-30(26)27(15-19)22(4)33-28-9-7-6-8-20(28)2/h6-18,22,33H,3,31H2,1-2,4-5H3/t22-/m0/s1. The van der Waals surface area contributed by atoms with Crippen LogP contribution < -0.4 is 15.8 Å². The van der Waals surface area contributed by atoms with Gasteiger partial charge in [-0.1, -0.05) is 55.1 Å². The van der Waals surface area contributed by atoms with Gasteiger partial charge in [0.25, 0.3) is 0 Å². The zero-order valence-corrected chi connectivity index (χ0v) is 20.2. The molecule has 0 saturated carbocycles. The van der Waals surface area contributed by atoms with Crippen molar-refractivity contribution in [1.82, 2.24) is 0 Å². The van der Waals surface area contributed by atoms with Gasteiger partial charge in [-0.05, 0) is 61.2 Å². The van der Waals surface area contributed by atoms with Crippen molar-refractivity contribution in [3.8, 4) is 5.75 Å². The minimum Gasteiger partial charge on any atom is -0.456 e. The molecule has 3 N–H and O–H groups in total. The highest BCUT2D eigenvalue weighted by molar-refractivity contribution is 6.09. The fourth-order valence-corrected chi connectivity index (χ4v) is 4.22. The van der Waals surface area contributed by atoms with Crippen LogP contribution >= 0.6 is 0 Å². The minimum absolute atomic E-state index is 0.0508. The molecule has 34 heavy (non-hydrogen) atoms. The lowest BCUT2D eigenvalue weighted by molar-refractivity contribution is 0.499. The van der Waals surface area contributed by atoms with Crippen molar-refractivity contribution in [2.75, 3.05) is 12.4 Å². The fourth-order valence-electron chi connectivity index (χ4n) is 4.22. The van der Waals surface area contributed by atoms with Crippen molar-refractivity contribution in [1.29, 1.82) is 0 Å². The highest BCUT2D eigenvalue weighted by Crippen LogP contribution is 2.42. The lowest BCUT2D eigenvalue weighted by Crippen LogP contribution is -2.13. The van der Waals surface area contributed by atoms with E-state index in [1.54, 1.807) is 19.5 Å². The Balaban J connectivity index is 1.67. The summed E-state index contributed by atoms with van der Waals surface area (Å²) < 4.78 is 6.53. The molecule has 0 aromatic heterocycles. The van der Waals surface area contributed by atoms with Gasteiger partial charge < -0.3 is 15.8 Å². The van der Waals surface area contributed by atoms with Crippen molar-refractivity contribution < 1.29 is 4.74 Å². The number of hydrogen-bond donors (Lipinski definition) is 2. The third-order valence-electron chi connectivity index (χ3n) is 6.06. The molecule has 172 valence electrons. The molecule has 4 nitrogen and oxygen atoms in total. The highest BCUT2D eigenvalue weighted by Gasteiger charge is 2.23. The van der Waals surface area contributed by atoms with Crippen LogP contribution in [0.1, 0.15) is 46.3 Å². The maximum Gasteiger partial charge on any atom is 0.140 e. The average Bonchev–Trinajstić information content (AvgIpc) is 2.84. The SMILES string of the molecule is C=C1C=C(c2ccc(C(C=NC)=CN)cc2)Oc2c1cc(C)cc2[C@H](C)Nc1ccccc1C. The molecule has 0 aliphatic carbocycles. The molecule has 4 heteroatoms. The van der Waals surface area contributed by atoms with Crippen LogP contribution in [0.2, 0.25) is 0 Å². The summed E-state index contributed by atoms with van der Waals surface area (Å²) >= 11 is 0. The summed E-state index contributed by atoms with van der Waals surface area (Å²) in [6.45, 7) is 10.7. The summed E-state index contributed by atoms with van der Waals surface area (Å²) in [5, 5.41) is 3.65. The van der Waals surface area contributed by atoms with Crippen molar-refractivity contribution in [3.63, 3.8) is 0 Å². The first-order chi connectivity index (χ1) is 16.4. The van der Waals surface area contributed by atoms with Crippen molar-refractivity contribution in [2.24, 2.45) is 10.7 Å². The van der Waals surface area contributed by atoms with Gasteiger partial charge in [0.1, 0.15) is 11.5 Å². The van der Waals surface area contributed by atoms with Gasteiger partial charge in [-0.3, -0.25) is 4.99 Å². The Morgan fingerprint density at radius 3 is 2.50 bits per heavy atom. The molecule has 0 spiro atoms. The molecule has 0 bridgehead atoms. The van der Waals surface area contributed by atoms with Gasteiger partial charge in [-0.15, -0.1) is 0 Å². The number of nitrogens with one attached hydrogen (secondary N) is 1. The van der Waals surface area contributed by atoms with E-state index in [1.807, 2.05) is 36.4 Å². The van der Waals surface area contributed by atoms with E-state index >= 15 is 0 Å². The van der Waals surface area contributed by atoms with E-state index in [0.717, 1.165) is 50.6 Å². The number of para-hydroxylation sites is 1. The molecule has 3 aromatic carbocycles. The van der Waals surface area contributed by atoms with E-state index < -0.39 is 0 Å².